The van der Waals surface area contributed by atoms with Crippen LogP contribution in [-0.4, -0.2) is 18.5 Å². The van der Waals surface area contributed by atoms with E-state index in [0.29, 0.717) is 35.1 Å². The van der Waals surface area contributed by atoms with Crippen LogP contribution in [0.15, 0.2) is 12.1 Å². The third kappa shape index (κ3) is 2.14. The van der Waals surface area contributed by atoms with Gasteiger partial charge in [-0.25, -0.2) is 0 Å². The molecule has 1 aromatic carbocycles. The molecule has 2 rings (SSSR count). The summed E-state index contributed by atoms with van der Waals surface area (Å²) in [6.07, 6.45) is 0.447. The molecule has 1 aromatic rings. The lowest BCUT2D eigenvalue weighted by atomic mass is 10.0. The number of carbonyl (C=O) groups excluding carboxylic acids is 1. The van der Waals surface area contributed by atoms with Gasteiger partial charge in [0, 0.05) is 12.5 Å². The SMILES string of the molecule is CC(C)Oc1cc2c(cc1Cl)C(=O)CCO2. The number of rotatable bonds is 2. The Labute approximate surface area is 99.3 Å². The predicted molar refractivity (Wildman–Crippen MR) is 61.7 cm³/mol. The molecule has 0 amide bonds. The van der Waals surface area contributed by atoms with Gasteiger partial charge in [0.2, 0.25) is 0 Å². The zero-order valence-electron chi connectivity index (χ0n) is 9.25. The summed E-state index contributed by atoms with van der Waals surface area (Å²) in [6.45, 7) is 4.26. The van der Waals surface area contributed by atoms with Crippen LogP contribution in [0.3, 0.4) is 0 Å². The smallest absolute Gasteiger partial charge is 0.170 e. The van der Waals surface area contributed by atoms with Gasteiger partial charge in [-0.15, -0.1) is 0 Å². The molecule has 0 saturated heterocycles. The minimum Gasteiger partial charge on any atom is -0.492 e. The molecule has 0 N–H and O–H groups in total. The molecule has 0 fully saturated rings. The highest BCUT2D eigenvalue weighted by atomic mass is 35.5. The number of fused-ring (bicyclic) bond motifs is 1. The van der Waals surface area contributed by atoms with Crippen LogP contribution in [0.4, 0.5) is 0 Å². The molecule has 0 saturated carbocycles. The van der Waals surface area contributed by atoms with Gasteiger partial charge in [0.05, 0.1) is 23.3 Å². The van der Waals surface area contributed by atoms with Gasteiger partial charge in [0.1, 0.15) is 11.5 Å². The van der Waals surface area contributed by atoms with E-state index >= 15 is 0 Å². The van der Waals surface area contributed by atoms with Crippen LogP contribution in [0.2, 0.25) is 5.02 Å². The van der Waals surface area contributed by atoms with Crippen LogP contribution < -0.4 is 9.47 Å². The summed E-state index contributed by atoms with van der Waals surface area (Å²) in [6, 6.07) is 3.31. The standard InChI is InChI=1S/C12H13ClO3/c1-7(2)16-12-6-11-8(5-9(12)13)10(14)3-4-15-11/h5-7H,3-4H2,1-2H3. The highest BCUT2D eigenvalue weighted by molar-refractivity contribution is 6.32. The van der Waals surface area contributed by atoms with Crippen molar-refractivity contribution in [3.63, 3.8) is 0 Å². The van der Waals surface area contributed by atoms with Crippen molar-refractivity contribution in [1.82, 2.24) is 0 Å². The fraction of sp³-hybridized carbons (Fsp3) is 0.417. The van der Waals surface area contributed by atoms with Crippen molar-refractivity contribution in [3.05, 3.63) is 22.7 Å². The van der Waals surface area contributed by atoms with Crippen molar-refractivity contribution in [3.8, 4) is 11.5 Å². The number of ether oxygens (including phenoxy) is 2. The molecule has 4 heteroatoms. The maximum absolute atomic E-state index is 11.6. The quantitative estimate of drug-likeness (QED) is 0.797. The van der Waals surface area contributed by atoms with Gasteiger partial charge in [-0.2, -0.15) is 0 Å². The van der Waals surface area contributed by atoms with Crippen molar-refractivity contribution in [2.45, 2.75) is 26.4 Å². The fourth-order valence-electron chi connectivity index (χ4n) is 1.60. The first kappa shape index (κ1) is 11.3. The lowest BCUT2D eigenvalue weighted by Gasteiger charge is -2.19. The Morgan fingerprint density at radius 2 is 2.19 bits per heavy atom. The third-order valence-corrected chi connectivity index (χ3v) is 2.58. The van der Waals surface area contributed by atoms with Gasteiger partial charge in [-0.05, 0) is 19.9 Å². The molecule has 86 valence electrons. The van der Waals surface area contributed by atoms with E-state index in [9.17, 15) is 4.79 Å². The Kier molecular flexibility index (Phi) is 3.06. The summed E-state index contributed by atoms with van der Waals surface area (Å²) in [5, 5.41) is 0.450. The number of halogens is 1. The number of hydrogen-bond donors (Lipinski definition) is 0. The molecule has 0 radical (unpaired) electrons. The normalized spacial score (nSPS) is 14.6. The third-order valence-electron chi connectivity index (χ3n) is 2.28. The lowest BCUT2D eigenvalue weighted by Crippen LogP contribution is -2.16. The molecule has 0 atom stereocenters. The molecule has 16 heavy (non-hydrogen) atoms. The van der Waals surface area contributed by atoms with E-state index in [2.05, 4.69) is 0 Å². The number of benzene rings is 1. The maximum Gasteiger partial charge on any atom is 0.170 e. The summed E-state index contributed by atoms with van der Waals surface area (Å²) < 4.78 is 10.9. The van der Waals surface area contributed by atoms with Crippen LogP contribution in [-0.2, 0) is 0 Å². The predicted octanol–water partition coefficient (Wildman–Crippen LogP) is 3.09. The van der Waals surface area contributed by atoms with E-state index in [-0.39, 0.29) is 11.9 Å². The summed E-state index contributed by atoms with van der Waals surface area (Å²) in [4.78, 5) is 11.6. The minimum atomic E-state index is 0.0369. The number of Topliss-reactive ketones (excluding diaryl/α,β-unsaturated/α-hetero) is 1. The average molecular weight is 241 g/mol. The molecule has 1 heterocycles. The average Bonchev–Trinajstić information content (AvgIpc) is 2.20. The van der Waals surface area contributed by atoms with Crippen LogP contribution in [0.5, 0.6) is 11.5 Å². The highest BCUT2D eigenvalue weighted by Crippen LogP contribution is 2.35. The zero-order valence-corrected chi connectivity index (χ0v) is 10.0. The Hall–Kier alpha value is -1.22. The first-order valence-electron chi connectivity index (χ1n) is 5.24. The first-order chi connectivity index (χ1) is 7.58. The van der Waals surface area contributed by atoms with E-state index in [4.69, 9.17) is 21.1 Å². The summed E-state index contributed by atoms with van der Waals surface area (Å²) >= 11 is 6.04. The van der Waals surface area contributed by atoms with Crippen molar-refractivity contribution in [2.24, 2.45) is 0 Å². The van der Waals surface area contributed by atoms with Crippen molar-refractivity contribution in [2.75, 3.05) is 6.61 Å². The molecule has 1 aliphatic rings. The highest BCUT2D eigenvalue weighted by Gasteiger charge is 2.21. The summed E-state index contributed by atoms with van der Waals surface area (Å²) in [5.41, 5.74) is 0.548. The molecule has 0 aromatic heterocycles. The van der Waals surface area contributed by atoms with E-state index in [1.54, 1.807) is 12.1 Å². The summed E-state index contributed by atoms with van der Waals surface area (Å²) in [7, 11) is 0. The van der Waals surface area contributed by atoms with Gasteiger partial charge < -0.3 is 9.47 Å². The van der Waals surface area contributed by atoms with Gasteiger partial charge in [0.25, 0.3) is 0 Å². The summed E-state index contributed by atoms with van der Waals surface area (Å²) in [5.74, 6) is 1.20. The Balaban J connectivity index is 2.40. The molecule has 0 unspecified atom stereocenters. The van der Waals surface area contributed by atoms with E-state index in [1.807, 2.05) is 13.8 Å². The monoisotopic (exact) mass is 240 g/mol. The van der Waals surface area contributed by atoms with Crippen LogP contribution >= 0.6 is 11.6 Å². The Morgan fingerprint density at radius 3 is 2.88 bits per heavy atom. The van der Waals surface area contributed by atoms with Gasteiger partial charge in [0.15, 0.2) is 5.78 Å². The second kappa shape index (κ2) is 4.34. The number of carbonyl (C=O) groups is 1. The molecule has 1 aliphatic heterocycles. The molecule has 0 spiro atoms. The number of ketones is 1. The Bertz CT molecular complexity index is 427. The molecule has 0 aliphatic carbocycles. The molecule has 3 nitrogen and oxygen atoms in total. The van der Waals surface area contributed by atoms with Gasteiger partial charge in [-0.1, -0.05) is 11.6 Å². The maximum atomic E-state index is 11.6. The van der Waals surface area contributed by atoms with Crippen molar-refractivity contribution >= 4 is 17.4 Å². The number of hydrogen-bond acceptors (Lipinski definition) is 3. The molecule has 0 bridgehead atoms. The second-order valence-electron chi connectivity index (χ2n) is 3.97. The molecular weight excluding hydrogens is 228 g/mol. The van der Waals surface area contributed by atoms with E-state index < -0.39 is 0 Å². The van der Waals surface area contributed by atoms with Crippen LogP contribution in [0, 0.1) is 0 Å². The zero-order chi connectivity index (χ0) is 11.7. The topological polar surface area (TPSA) is 35.5 Å². The van der Waals surface area contributed by atoms with Crippen LogP contribution in [0.25, 0.3) is 0 Å². The van der Waals surface area contributed by atoms with Crippen LogP contribution in [0.1, 0.15) is 30.6 Å². The molecular formula is C12H13ClO3. The first-order valence-corrected chi connectivity index (χ1v) is 5.62. The minimum absolute atomic E-state index is 0.0369. The van der Waals surface area contributed by atoms with E-state index in [1.165, 1.54) is 0 Å². The second-order valence-corrected chi connectivity index (χ2v) is 4.37. The largest absolute Gasteiger partial charge is 0.492 e. The van der Waals surface area contributed by atoms with Crippen molar-refractivity contribution < 1.29 is 14.3 Å². The Morgan fingerprint density at radius 1 is 1.44 bits per heavy atom. The van der Waals surface area contributed by atoms with Crippen molar-refractivity contribution in [1.29, 1.82) is 0 Å². The fourth-order valence-corrected chi connectivity index (χ4v) is 1.81. The van der Waals surface area contributed by atoms with E-state index in [0.717, 1.165) is 0 Å². The van der Waals surface area contributed by atoms with Gasteiger partial charge >= 0.3 is 0 Å². The van der Waals surface area contributed by atoms with Gasteiger partial charge in [-0.3, -0.25) is 4.79 Å². The lowest BCUT2D eigenvalue weighted by molar-refractivity contribution is 0.0933.